The third-order valence-corrected chi connectivity index (χ3v) is 7.55. The molecule has 6 rings (SSSR count). The van der Waals surface area contributed by atoms with Crippen LogP contribution in [0.3, 0.4) is 0 Å². The molecule has 216 valence electrons. The fourth-order valence-corrected chi connectivity index (χ4v) is 4.95. The molecule has 42 heavy (non-hydrogen) atoms. The van der Waals surface area contributed by atoms with E-state index in [1.54, 1.807) is 0 Å². The number of hydrogen-bond acceptors (Lipinski definition) is 0. The van der Waals surface area contributed by atoms with Crippen LogP contribution in [0.1, 0.15) is 33.4 Å². The summed E-state index contributed by atoms with van der Waals surface area (Å²) >= 11 is 0.729. The Labute approximate surface area is 267 Å². The molecule has 1 aliphatic rings. The zero-order valence-corrected chi connectivity index (χ0v) is 25.7. The molecule has 0 aromatic heterocycles. The van der Waals surface area contributed by atoms with Gasteiger partial charge in [-0.2, -0.15) is 48.0 Å². The van der Waals surface area contributed by atoms with E-state index >= 15 is 0 Å². The minimum Gasteiger partial charge on any atom is -1.00 e. The third-order valence-electron chi connectivity index (χ3n) is 6.13. The summed E-state index contributed by atoms with van der Waals surface area (Å²) in [7, 11) is 0. The van der Waals surface area contributed by atoms with Gasteiger partial charge in [0.2, 0.25) is 0 Å². The second-order valence-corrected chi connectivity index (χ2v) is 10.1. The van der Waals surface area contributed by atoms with Crippen molar-refractivity contribution in [2.75, 3.05) is 0 Å². The van der Waals surface area contributed by atoms with Crippen LogP contribution in [-0.2, 0) is 43.0 Å². The summed E-state index contributed by atoms with van der Waals surface area (Å²) in [5.41, 5.74) is 4.41. The van der Waals surface area contributed by atoms with E-state index in [9.17, 15) is 26.3 Å². The molecule has 0 unspecified atom stereocenters. The monoisotopic (exact) mass is 692 g/mol. The summed E-state index contributed by atoms with van der Waals surface area (Å²) in [4.78, 5) is 0. The smallest absolute Gasteiger partial charge is 0.0253 e. The summed E-state index contributed by atoms with van der Waals surface area (Å²) in [6.07, 6.45) is -7.92. The van der Waals surface area contributed by atoms with E-state index < -0.39 is 23.5 Å². The summed E-state index contributed by atoms with van der Waals surface area (Å²) in [5, 5.41) is 0. The van der Waals surface area contributed by atoms with Crippen molar-refractivity contribution in [3.8, 4) is 11.1 Å². The maximum atomic E-state index is 12.7. The molecule has 0 radical (unpaired) electrons. The van der Waals surface area contributed by atoms with Gasteiger partial charge in [0.05, 0.1) is 0 Å². The Hall–Kier alpha value is -2.86. The van der Waals surface area contributed by atoms with Gasteiger partial charge in [0, 0.05) is 0 Å². The van der Waals surface area contributed by atoms with Crippen LogP contribution in [0.15, 0.2) is 121 Å². The van der Waals surface area contributed by atoms with E-state index in [1.165, 1.54) is 46.5 Å². The number of halogens is 8. The number of benzene rings is 4. The molecule has 0 fully saturated rings. The first kappa shape index (κ1) is 35.3. The van der Waals surface area contributed by atoms with Gasteiger partial charge in [-0.1, -0.05) is 35.4 Å². The molecule has 0 amide bonds. The van der Waals surface area contributed by atoms with Gasteiger partial charge in [0.25, 0.3) is 0 Å². The first-order valence-electron chi connectivity index (χ1n) is 12.2. The maximum Gasteiger partial charge on any atom is -0.0253 e. The standard InChI is InChI=1S/C15H8F6.C13H9.C5H5.2ClH.Zr/c16-14(17,18)12-5-1-3-10(8-12)7-11-4-2-6-13(9-11)15(19,20)21;1-3-7-12-10(5-1)9-11-6-2-4-8-13(11)12;1-2-4-5-3-1;;;/h1-6,8-9H;1-5,7-8H,9H2;1-5H;2*1H;/q;2*-1;;;+2/p-2. The Kier molecular flexibility index (Phi) is 13.1. The Bertz CT molecular complexity index is 1450. The SMILES string of the molecule is FC(F)(F)c1cccc([C](=[Zr+2])c2cccc(C(F)(F)F)c2)c1.[Cl-].[Cl-].[c-]1cccc2c1Cc1ccccc1-2.c1cc[cH-]c1. The topological polar surface area (TPSA) is 0 Å². The molecule has 0 heterocycles. The van der Waals surface area contributed by atoms with Crippen molar-refractivity contribution >= 4 is 3.21 Å². The largest absolute Gasteiger partial charge is 1.00 e. The van der Waals surface area contributed by atoms with Crippen LogP contribution in [0.5, 0.6) is 0 Å². The van der Waals surface area contributed by atoms with Crippen molar-refractivity contribution in [1.82, 2.24) is 0 Å². The van der Waals surface area contributed by atoms with Crippen molar-refractivity contribution < 1.29 is 75.4 Å². The molecular formula is C33H22Cl2F6Zr-2. The summed E-state index contributed by atoms with van der Waals surface area (Å²) in [6, 6.07) is 37.3. The number of fused-ring (bicyclic) bond motifs is 3. The zero-order valence-electron chi connectivity index (χ0n) is 21.8. The summed E-state index contributed by atoms with van der Waals surface area (Å²) in [5.74, 6) is 0. The van der Waals surface area contributed by atoms with Gasteiger partial charge in [-0.15, -0.1) is 5.56 Å². The average molecular weight is 695 g/mol. The van der Waals surface area contributed by atoms with Crippen LogP contribution < -0.4 is 24.8 Å². The Morgan fingerprint density at radius 2 is 1.17 bits per heavy atom. The van der Waals surface area contributed by atoms with Crippen LogP contribution in [0, 0.1) is 6.07 Å². The van der Waals surface area contributed by atoms with Crippen LogP contribution in [-0.4, -0.2) is 3.21 Å². The van der Waals surface area contributed by atoms with Crippen LogP contribution >= 0.6 is 0 Å². The quantitative estimate of drug-likeness (QED) is 0.193. The molecule has 5 aromatic rings. The molecular weight excluding hydrogens is 672 g/mol. The van der Waals surface area contributed by atoms with Crippen molar-refractivity contribution in [3.05, 3.63) is 161 Å². The summed E-state index contributed by atoms with van der Waals surface area (Å²) in [6.45, 7) is 0. The number of alkyl halides is 6. The van der Waals surface area contributed by atoms with E-state index in [0.717, 1.165) is 54.9 Å². The van der Waals surface area contributed by atoms with Gasteiger partial charge in [-0.05, 0) is 6.42 Å². The molecule has 0 aliphatic heterocycles. The molecule has 9 heteroatoms. The van der Waals surface area contributed by atoms with Gasteiger partial charge in [0.15, 0.2) is 0 Å². The van der Waals surface area contributed by atoms with Gasteiger partial charge in [0.1, 0.15) is 0 Å². The Morgan fingerprint density at radius 1 is 0.643 bits per heavy atom. The fourth-order valence-electron chi connectivity index (χ4n) is 4.19. The first-order chi connectivity index (χ1) is 19.0. The van der Waals surface area contributed by atoms with E-state index in [4.69, 9.17) is 0 Å². The molecule has 0 atom stereocenters. The van der Waals surface area contributed by atoms with Gasteiger partial charge >= 0.3 is 137 Å². The second-order valence-electron chi connectivity index (χ2n) is 8.89. The average Bonchev–Trinajstić information content (AvgIpc) is 3.64. The van der Waals surface area contributed by atoms with Crippen LogP contribution in [0.2, 0.25) is 0 Å². The van der Waals surface area contributed by atoms with Crippen molar-refractivity contribution in [2.45, 2.75) is 18.8 Å². The normalized spacial score (nSPS) is 11.2. The minimum absolute atomic E-state index is 0. The Balaban J connectivity index is 0.000000258. The predicted molar refractivity (Wildman–Crippen MR) is 142 cm³/mol. The number of hydrogen-bond donors (Lipinski definition) is 0. The fraction of sp³-hybridized carbons (Fsp3) is 0.0909. The van der Waals surface area contributed by atoms with Crippen molar-refractivity contribution in [3.63, 3.8) is 0 Å². The molecule has 0 saturated heterocycles. The number of rotatable bonds is 2. The predicted octanol–water partition coefficient (Wildman–Crippen LogP) is 3.31. The third kappa shape index (κ3) is 9.32. The van der Waals surface area contributed by atoms with Gasteiger partial charge in [-0.3, -0.25) is 0 Å². The second kappa shape index (κ2) is 15.6. The molecule has 0 saturated carbocycles. The van der Waals surface area contributed by atoms with Gasteiger partial charge in [-0.25, -0.2) is 12.1 Å². The minimum atomic E-state index is -4.49. The molecule has 0 N–H and O–H groups in total. The molecule has 1 aliphatic carbocycles. The van der Waals surface area contributed by atoms with E-state index in [0.29, 0.717) is 3.21 Å². The zero-order chi connectivity index (χ0) is 28.8. The van der Waals surface area contributed by atoms with Gasteiger partial charge < -0.3 is 24.8 Å². The van der Waals surface area contributed by atoms with Crippen molar-refractivity contribution in [2.24, 2.45) is 0 Å². The molecule has 0 spiro atoms. The van der Waals surface area contributed by atoms with Crippen molar-refractivity contribution in [1.29, 1.82) is 0 Å². The van der Waals surface area contributed by atoms with E-state index in [-0.39, 0.29) is 35.9 Å². The maximum absolute atomic E-state index is 12.7. The molecule has 0 bridgehead atoms. The first-order valence-corrected chi connectivity index (χ1v) is 13.5. The van der Waals surface area contributed by atoms with E-state index in [1.807, 2.05) is 36.4 Å². The molecule has 5 aromatic carbocycles. The molecule has 0 nitrogen and oxygen atoms in total. The summed E-state index contributed by atoms with van der Waals surface area (Å²) < 4.78 is 76.7. The van der Waals surface area contributed by atoms with Crippen LogP contribution in [0.4, 0.5) is 26.3 Å². The Morgan fingerprint density at radius 3 is 1.67 bits per heavy atom. The van der Waals surface area contributed by atoms with Crippen LogP contribution in [0.25, 0.3) is 11.1 Å². The van der Waals surface area contributed by atoms with E-state index in [2.05, 4.69) is 42.5 Å².